The number of carbonyl (C=O) groups excluding carboxylic acids is 2. The normalized spacial score (nSPS) is 14.9. The first kappa shape index (κ1) is 23.3. The van der Waals surface area contributed by atoms with Crippen LogP contribution in [-0.4, -0.2) is 60.2 Å². The molecule has 1 fully saturated rings. The van der Waals surface area contributed by atoms with Crippen LogP contribution in [0.1, 0.15) is 32.0 Å². The van der Waals surface area contributed by atoms with Crippen LogP contribution in [0.4, 0.5) is 17.2 Å². The summed E-state index contributed by atoms with van der Waals surface area (Å²) in [5.41, 5.74) is 4.53. The molecule has 3 aromatic rings. The summed E-state index contributed by atoms with van der Waals surface area (Å²) in [5.74, 6) is 0.0308. The molecule has 9 heteroatoms. The van der Waals surface area contributed by atoms with Crippen molar-refractivity contribution in [2.24, 2.45) is 0 Å². The summed E-state index contributed by atoms with van der Waals surface area (Å²) in [4.78, 5) is 38.4. The first-order valence-electron chi connectivity index (χ1n) is 11.1. The Balaban J connectivity index is 0.00000133. The molecule has 0 saturated carbocycles. The van der Waals surface area contributed by atoms with E-state index in [9.17, 15) is 9.59 Å². The molecule has 2 amide bonds. The minimum atomic E-state index is -0.337. The van der Waals surface area contributed by atoms with E-state index in [1.807, 2.05) is 31.2 Å². The lowest BCUT2D eigenvalue weighted by atomic mass is 10.1. The topological polar surface area (TPSA) is 111 Å². The van der Waals surface area contributed by atoms with Crippen molar-refractivity contribution in [2.75, 3.05) is 48.4 Å². The second-order valence-corrected chi connectivity index (χ2v) is 8.02. The van der Waals surface area contributed by atoms with E-state index in [0.29, 0.717) is 23.6 Å². The van der Waals surface area contributed by atoms with Crippen molar-refractivity contribution in [1.82, 2.24) is 15.3 Å². The maximum atomic E-state index is 13.0. The molecule has 9 nitrogen and oxygen atoms in total. The van der Waals surface area contributed by atoms with Crippen LogP contribution >= 0.6 is 0 Å². The number of carbonyl (C=O) groups is 2. The number of aliphatic hydroxyl groups excluding tert-OH is 1. The molecular formula is C25H28N6O3. The number of amides is 2. The lowest BCUT2D eigenvalue weighted by molar-refractivity contribution is 0.0990. The Kier molecular flexibility index (Phi) is 7.15. The number of rotatable bonds is 4. The van der Waals surface area contributed by atoms with Crippen molar-refractivity contribution >= 4 is 29.0 Å². The van der Waals surface area contributed by atoms with E-state index < -0.39 is 0 Å². The first-order chi connectivity index (χ1) is 16.6. The predicted octanol–water partition coefficient (Wildman–Crippen LogP) is 2.22. The number of hydrogen-bond donors (Lipinski definition) is 3. The lowest BCUT2D eigenvalue weighted by Gasteiger charge is -2.30. The molecule has 1 aromatic carbocycles. The van der Waals surface area contributed by atoms with Crippen LogP contribution in [0.25, 0.3) is 0 Å². The van der Waals surface area contributed by atoms with Gasteiger partial charge in [-0.05, 0) is 36.8 Å². The molecule has 1 saturated heterocycles. The minimum absolute atomic E-state index is 0.0954. The number of benzene rings is 1. The standard InChI is InChI=1S/C24H24N6O2.CH4O/c1-16-5-6-17-15-30(24(32)18(17)13-16)22-4-2-3-19(27-22)23(31)28-20-14-26-8-7-21(20)29-11-9-25-10-12-29;1-2/h2-8,13-14,25H,9-12,15H2,1H3,(H,28,31);2H,1H3. The number of fused-ring (bicyclic) bond motifs is 1. The van der Waals surface area contributed by atoms with Crippen LogP contribution in [-0.2, 0) is 6.54 Å². The molecule has 0 radical (unpaired) electrons. The Bertz CT molecular complexity index is 1190. The molecule has 2 aromatic heterocycles. The highest BCUT2D eigenvalue weighted by molar-refractivity contribution is 6.10. The average Bonchev–Trinajstić information content (AvgIpc) is 3.22. The molecule has 5 rings (SSSR count). The molecule has 176 valence electrons. The highest BCUT2D eigenvalue weighted by Gasteiger charge is 2.29. The third-order valence-electron chi connectivity index (χ3n) is 5.82. The summed E-state index contributed by atoms with van der Waals surface area (Å²) in [6.07, 6.45) is 3.38. The van der Waals surface area contributed by atoms with Crippen LogP contribution in [0.5, 0.6) is 0 Å². The number of pyridine rings is 2. The molecule has 0 spiro atoms. The Morgan fingerprint density at radius 3 is 2.71 bits per heavy atom. The lowest BCUT2D eigenvalue weighted by Crippen LogP contribution is -2.43. The van der Waals surface area contributed by atoms with Gasteiger partial charge in [0, 0.05) is 45.0 Å². The van der Waals surface area contributed by atoms with E-state index in [2.05, 4.69) is 25.5 Å². The van der Waals surface area contributed by atoms with Gasteiger partial charge in [-0.3, -0.25) is 19.5 Å². The third kappa shape index (κ3) is 4.75. The highest BCUT2D eigenvalue weighted by Crippen LogP contribution is 2.29. The average molecular weight is 461 g/mol. The van der Waals surface area contributed by atoms with Gasteiger partial charge >= 0.3 is 0 Å². The number of nitrogens with zero attached hydrogens (tertiary/aromatic N) is 4. The van der Waals surface area contributed by atoms with Gasteiger partial charge in [0.15, 0.2) is 0 Å². The number of piperazine rings is 1. The number of aliphatic hydroxyl groups is 1. The molecule has 2 aliphatic rings. The molecule has 0 bridgehead atoms. The zero-order chi connectivity index (χ0) is 24.1. The van der Waals surface area contributed by atoms with Crippen LogP contribution < -0.4 is 20.4 Å². The third-order valence-corrected chi connectivity index (χ3v) is 5.82. The summed E-state index contributed by atoms with van der Waals surface area (Å²) in [6, 6.07) is 12.9. The van der Waals surface area contributed by atoms with E-state index in [4.69, 9.17) is 5.11 Å². The fraction of sp³-hybridized carbons (Fsp3) is 0.280. The van der Waals surface area contributed by atoms with Crippen LogP contribution in [0, 0.1) is 6.92 Å². The van der Waals surface area contributed by atoms with Crippen LogP contribution in [0.15, 0.2) is 54.9 Å². The molecule has 2 aliphatic heterocycles. The summed E-state index contributed by atoms with van der Waals surface area (Å²) >= 11 is 0. The van der Waals surface area contributed by atoms with Gasteiger partial charge in [-0.2, -0.15) is 0 Å². The van der Waals surface area contributed by atoms with Crippen molar-refractivity contribution < 1.29 is 14.7 Å². The van der Waals surface area contributed by atoms with E-state index >= 15 is 0 Å². The largest absolute Gasteiger partial charge is 0.400 e. The fourth-order valence-corrected chi connectivity index (χ4v) is 4.15. The number of nitrogens with one attached hydrogen (secondary N) is 2. The zero-order valence-electron chi connectivity index (χ0n) is 19.3. The van der Waals surface area contributed by atoms with E-state index in [1.165, 1.54) is 0 Å². The molecule has 3 N–H and O–H groups in total. The number of aryl methyl sites for hydroxylation is 1. The molecule has 4 heterocycles. The van der Waals surface area contributed by atoms with Gasteiger partial charge in [0.2, 0.25) is 0 Å². The van der Waals surface area contributed by atoms with Gasteiger partial charge in [0.1, 0.15) is 11.5 Å². The van der Waals surface area contributed by atoms with Crippen molar-refractivity contribution in [1.29, 1.82) is 0 Å². The molecule has 34 heavy (non-hydrogen) atoms. The SMILES string of the molecule is CO.Cc1ccc2c(c1)C(=O)N(c1cccc(C(=O)Nc3cnccc3N3CCNCC3)n1)C2. The Hall–Kier alpha value is -3.82. The number of anilines is 3. The Morgan fingerprint density at radius 2 is 1.91 bits per heavy atom. The van der Waals surface area contributed by atoms with Crippen molar-refractivity contribution in [3.05, 3.63) is 77.2 Å². The first-order valence-corrected chi connectivity index (χ1v) is 11.1. The Morgan fingerprint density at radius 1 is 1.12 bits per heavy atom. The van der Waals surface area contributed by atoms with Crippen LogP contribution in [0.2, 0.25) is 0 Å². The smallest absolute Gasteiger partial charge is 0.274 e. The van der Waals surface area contributed by atoms with E-state index in [1.54, 1.807) is 35.5 Å². The van der Waals surface area contributed by atoms with Gasteiger partial charge in [-0.25, -0.2) is 4.98 Å². The predicted molar refractivity (Wildman–Crippen MR) is 131 cm³/mol. The van der Waals surface area contributed by atoms with Gasteiger partial charge in [-0.1, -0.05) is 23.8 Å². The van der Waals surface area contributed by atoms with Gasteiger partial charge < -0.3 is 20.6 Å². The molecule has 0 unspecified atom stereocenters. The highest BCUT2D eigenvalue weighted by atomic mass is 16.2. The van der Waals surface area contributed by atoms with Gasteiger partial charge in [0.25, 0.3) is 11.8 Å². The quantitative estimate of drug-likeness (QED) is 0.548. The van der Waals surface area contributed by atoms with Crippen molar-refractivity contribution in [3.63, 3.8) is 0 Å². The molecule has 0 atom stereocenters. The maximum Gasteiger partial charge on any atom is 0.274 e. The summed E-state index contributed by atoms with van der Waals surface area (Å²) in [5, 5.41) is 13.3. The summed E-state index contributed by atoms with van der Waals surface area (Å²) in [6.45, 7) is 5.92. The summed E-state index contributed by atoms with van der Waals surface area (Å²) in [7, 11) is 1.00. The van der Waals surface area contributed by atoms with Crippen LogP contribution in [0.3, 0.4) is 0 Å². The van der Waals surface area contributed by atoms with Gasteiger partial charge in [0.05, 0.1) is 24.1 Å². The van der Waals surface area contributed by atoms with E-state index in [0.717, 1.165) is 50.1 Å². The second kappa shape index (κ2) is 10.4. The van der Waals surface area contributed by atoms with Crippen molar-refractivity contribution in [3.8, 4) is 0 Å². The summed E-state index contributed by atoms with van der Waals surface area (Å²) < 4.78 is 0. The maximum absolute atomic E-state index is 13.0. The van der Waals surface area contributed by atoms with E-state index in [-0.39, 0.29) is 17.5 Å². The Labute approximate surface area is 198 Å². The number of aromatic nitrogens is 2. The number of hydrogen-bond acceptors (Lipinski definition) is 7. The van der Waals surface area contributed by atoms with Gasteiger partial charge in [-0.15, -0.1) is 0 Å². The molecule has 0 aliphatic carbocycles. The monoisotopic (exact) mass is 460 g/mol. The zero-order valence-corrected chi connectivity index (χ0v) is 19.3. The minimum Gasteiger partial charge on any atom is -0.400 e. The van der Waals surface area contributed by atoms with Crippen molar-refractivity contribution in [2.45, 2.75) is 13.5 Å². The molecular weight excluding hydrogens is 432 g/mol. The second-order valence-electron chi connectivity index (χ2n) is 8.02. The fourth-order valence-electron chi connectivity index (χ4n) is 4.15.